The molecule has 3 amide bonds. The lowest BCUT2D eigenvalue weighted by atomic mass is 9.97. The molecule has 2 aromatic carbocycles. The van der Waals surface area contributed by atoms with Gasteiger partial charge in [0.2, 0.25) is 11.8 Å². The predicted molar refractivity (Wildman–Crippen MR) is 156 cm³/mol. The summed E-state index contributed by atoms with van der Waals surface area (Å²) in [6.07, 6.45) is -1.07. The molecule has 44 heavy (non-hydrogen) atoms. The molecular weight excluding hydrogens is 577 g/mol. The SMILES string of the molecule is CCOC(=O)C=C[C@H](C[C@@H]1CCNC1=O)NC(=O)[C@H](Cc1ccccc1)NC(=O)c1ccc(-c2ccccc2C(F)(F)F)[nH]1. The zero-order valence-corrected chi connectivity index (χ0v) is 23.9. The van der Waals surface area contributed by atoms with Gasteiger partial charge in [0.05, 0.1) is 12.2 Å². The van der Waals surface area contributed by atoms with Gasteiger partial charge in [-0.05, 0) is 43.5 Å². The van der Waals surface area contributed by atoms with E-state index < -0.39 is 41.6 Å². The standard InChI is InChI=1S/C32H33F3N4O5/c1-2-44-28(40)15-12-22(19-21-16-17-36-29(21)41)37-31(43)27(18-20-8-4-3-5-9-20)39-30(42)26-14-13-25(38-26)23-10-6-7-11-24(23)32(33,34)35/h3-15,21-22,27,38H,2,16-19H2,1H3,(H,36,41)(H,37,43)(H,39,42)/t21-,22+,27-/m0/s1. The molecule has 1 aliphatic heterocycles. The number of rotatable bonds is 12. The van der Waals surface area contributed by atoms with E-state index in [0.29, 0.717) is 13.0 Å². The number of amides is 3. The van der Waals surface area contributed by atoms with Crippen molar-refractivity contribution in [2.45, 2.75) is 44.4 Å². The minimum absolute atomic E-state index is 0.0378. The molecule has 1 fully saturated rings. The van der Waals surface area contributed by atoms with Crippen molar-refractivity contribution >= 4 is 23.7 Å². The fourth-order valence-corrected chi connectivity index (χ4v) is 4.98. The molecule has 3 aromatic rings. The molecule has 0 aliphatic carbocycles. The molecule has 1 saturated heterocycles. The summed E-state index contributed by atoms with van der Waals surface area (Å²) < 4.78 is 45.6. The van der Waals surface area contributed by atoms with Crippen LogP contribution in [0.1, 0.15) is 41.4 Å². The van der Waals surface area contributed by atoms with Crippen LogP contribution >= 0.6 is 0 Å². The Bertz CT molecular complexity index is 1500. The third kappa shape index (κ3) is 8.59. The van der Waals surface area contributed by atoms with Gasteiger partial charge in [0.25, 0.3) is 5.91 Å². The molecule has 4 rings (SSSR count). The molecule has 0 saturated carbocycles. The Morgan fingerprint density at radius 1 is 1.02 bits per heavy atom. The summed E-state index contributed by atoms with van der Waals surface area (Å²) in [6.45, 7) is 2.33. The Kier molecular flexibility index (Phi) is 10.6. The highest BCUT2D eigenvalue weighted by Gasteiger charge is 2.34. The van der Waals surface area contributed by atoms with Gasteiger partial charge in [-0.25, -0.2) is 4.79 Å². The number of hydrogen-bond donors (Lipinski definition) is 4. The lowest BCUT2D eigenvalue weighted by Crippen LogP contribution is -2.51. The van der Waals surface area contributed by atoms with Gasteiger partial charge >= 0.3 is 12.1 Å². The summed E-state index contributed by atoms with van der Waals surface area (Å²) in [5, 5.41) is 8.26. The smallest absolute Gasteiger partial charge is 0.417 e. The van der Waals surface area contributed by atoms with Crippen molar-refractivity contribution in [2.75, 3.05) is 13.2 Å². The van der Waals surface area contributed by atoms with E-state index in [-0.39, 0.29) is 48.2 Å². The second-order valence-electron chi connectivity index (χ2n) is 10.3. The van der Waals surface area contributed by atoms with Gasteiger partial charge in [-0.3, -0.25) is 14.4 Å². The van der Waals surface area contributed by atoms with Crippen LogP contribution in [0.4, 0.5) is 13.2 Å². The van der Waals surface area contributed by atoms with Crippen LogP contribution in [0.3, 0.4) is 0 Å². The van der Waals surface area contributed by atoms with Crippen LogP contribution in [-0.2, 0) is 31.7 Å². The molecule has 0 radical (unpaired) electrons. The first-order valence-electron chi connectivity index (χ1n) is 14.2. The molecule has 232 valence electrons. The Morgan fingerprint density at radius 3 is 2.43 bits per heavy atom. The quantitative estimate of drug-likeness (QED) is 0.181. The zero-order chi connectivity index (χ0) is 31.7. The van der Waals surface area contributed by atoms with Crippen LogP contribution in [0.15, 0.2) is 78.9 Å². The first-order valence-corrected chi connectivity index (χ1v) is 14.2. The van der Waals surface area contributed by atoms with Crippen molar-refractivity contribution < 1.29 is 37.1 Å². The molecule has 1 aromatic heterocycles. The minimum atomic E-state index is -4.60. The Labute approximate surface area is 252 Å². The molecule has 0 spiro atoms. The molecule has 1 aliphatic rings. The van der Waals surface area contributed by atoms with Crippen LogP contribution in [-0.4, -0.2) is 53.9 Å². The number of hydrogen-bond acceptors (Lipinski definition) is 5. The number of halogens is 3. The number of esters is 1. The van der Waals surface area contributed by atoms with Crippen molar-refractivity contribution in [3.8, 4) is 11.3 Å². The fourth-order valence-electron chi connectivity index (χ4n) is 4.98. The molecule has 2 heterocycles. The molecular formula is C32H33F3N4O5. The summed E-state index contributed by atoms with van der Waals surface area (Å²) >= 11 is 0. The van der Waals surface area contributed by atoms with Gasteiger partial charge in [-0.15, -0.1) is 0 Å². The van der Waals surface area contributed by atoms with E-state index in [1.807, 2.05) is 0 Å². The Balaban J connectivity index is 1.55. The maximum Gasteiger partial charge on any atom is 0.417 e. The number of alkyl halides is 3. The van der Waals surface area contributed by atoms with E-state index in [1.165, 1.54) is 42.5 Å². The third-order valence-corrected chi connectivity index (χ3v) is 7.14. The van der Waals surface area contributed by atoms with E-state index in [2.05, 4.69) is 20.9 Å². The average Bonchev–Trinajstić information content (AvgIpc) is 3.65. The van der Waals surface area contributed by atoms with Crippen LogP contribution in [0.25, 0.3) is 11.3 Å². The lowest BCUT2D eigenvalue weighted by molar-refractivity contribution is -0.138. The van der Waals surface area contributed by atoms with E-state index >= 15 is 0 Å². The zero-order valence-electron chi connectivity index (χ0n) is 23.9. The molecule has 12 heteroatoms. The summed E-state index contributed by atoms with van der Waals surface area (Å²) in [7, 11) is 0. The fraction of sp³-hybridized carbons (Fsp3) is 0.312. The third-order valence-electron chi connectivity index (χ3n) is 7.14. The second kappa shape index (κ2) is 14.5. The van der Waals surface area contributed by atoms with Crippen LogP contribution < -0.4 is 16.0 Å². The van der Waals surface area contributed by atoms with Gasteiger partial charge in [0.15, 0.2) is 0 Å². The number of ether oxygens (including phenoxy) is 1. The van der Waals surface area contributed by atoms with Gasteiger partial charge < -0.3 is 25.7 Å². The number of benzene rings is 2. The van der Waals surface area contributed by atoms with Gasteiger partial charge in [-0.2, -0.15) is 13.2 Å². The molecule has 4 N–H and O–H groups in total. The topological polar surface area (TPSA) is 129 Å². The Morgan fingerprint density at radius 2 is 1.75 bits per heavy atom. The normalized spacial score (nSPS) is 16.3. The molecule has 0 bridgehead atoms. The summed E-state index contributed by atoms with van der Waals surface area (Å²) in [5.74, 6) is -2.42. The number of aromatic nitrogens is 1. The first-order chi connectivity index (χ1) is 21.0. The lowest BCUT2D eigenvalue weighted by Gasteiger charge is -2.23. The largest absolute Gasteiger partial charge is 0.463 e. The number of carbonyl (C=O) groups is 4. The number of nitrogens with one attached hydrogen (secondary N) is 4. The first kappa shape index (κ1) is 32.1. The highest BCUT2D eigenvalue weighted by Crippen LogP contribution is 2.36. The number of carbonyl (C=O) groups excluding carboxylic acids is 4. The monoisotopic (exact) mass is 610 g/mol. The molecule has 3 atom stereocenters. The maximum absolute atomic E-state index is 13.6. The van der Waals surface area contributed by atoms with Gasteiger partial charge in [0.1, 0.15) is 11.7 Å². The maximum atomic E-state index is 13.6. The average molecular weight is 611 g/mol. The summed E-state index contributed by atoms with van der Waals surface area (Å²) in [6, 6.07) is 14.8. The number of H-pyrrole nitrogens is 1. The van der Waals surface area contributed by atoms with Crippen molar-refractivity contribution in [3.63, 3.8) is 0 Å². The van der Waals surface area contributed by atoms with E-state index in [9.17, 15) is 32.3 Å². The van der Waals surface area contributed by atoms with E-state index in [0.717, 1.165) is 11.6 Å². The molecule has 0 unspecified atom stereocenters. The van der Waals surface area contributed by atoms with Crippen molar-refractivity contribution in [1.82, 2.24) is 20.9 Å². The highest BCUT2D eigenvalue weighted by atomic mass is 19.4. The van der Waals surface area contributed by atoms with Crippen molar-refractivity contribution in [1.29, 1.82) is 0 Å². The van der Waals surface area contributed by atoms with E-state index in [1.54, 1.807) is 37.3 Å². The van der Waals surface area contributed by atoms with Crippen molar-refractivity contribution in [2.24, 2.45) is 5.92 Å². The van der Waals surface area contributed by atoms with E-state index in [4.69, 9.17) is 4.74 Å². The minimum Gasteiger partial charge on any atom is -0.463 e. The van der Waals surface area contributed by atoms with Crippen LogP contribution in [0.5, 0.6) is 0 Å². The van der Waals surface area contributed by atoms with Crippen molar-refractivity contribution in [3.05, 3.63) is 95.7 Å². The van der Waals surface area contributed by atoms with Crippen LogP contribution in [0.2, 0.25) is 0 Å². The summed E-state index contributed by atoms with van der Waals surface area (Å²) in [4.78, 5) is 53.9. The van der Waals surface area contributed by atoms with Gasteiger partial charge in [-0.1, -0.05) is 54.6 Å². The predicted octanol–water partition coefficient (Wildman–Crippen LogP) is 4.17. The molecule has 9 nitrogen and oxygen atoms in total. The number of aromatic amines is 1. The van der Waals surface area contributed by atoms with Gasteiger partial charge in [0, 0.05) is 42.3 Å². The highest BCUT2D eigenvalue weighted by molar-refractivity contribution is 5.97. The second-order valence-corrected chi connectivity index (χ2v) is 10.3. The summed E-state index contributed by atoms with van der Waals surface area (Å²) in [5.41, 5.74) is -0.179. The van der Waals surface area contributed by atoms with Crippen LogP contribution in [0, 0.1) is 5.92 Å². The Hall–Kier alpha value is -4.87.